The molecule has 3 heterocycles. The predicted octanol–water partition coefficient (Wildman–Crippen LogP) is 2.07. The highest BCUT2D eigenvalue weighted by molar-refractivity contribution is 5.94. The van der Waals surface area contributed by atoms with Gasteiger partial charge in [0.05, 0.1) is 5.56 Å². The Labute approximate surface area is 270 Å². The van der Waals surface area contributed by atoms with E-state index in [2.05, 4.69) is 26.3 Å². The molecule has 0 bridgehead atoms. The predicted molar refractivity (Wildman–Crippen MR) is 171 cm³/mol. The fraction of sp³-hybridized carbons (Fsp3) is 0.529. The molecular weight excluding hydrogens is 588 g/mol. The molecule has 0 spiro atoms. The number of phenolic OH excluding ortho intramolecular Hbond substituents is 1. The van der Waals surface area contributed by atoms with Crippen LogP contribution in [-0.2, 0) is 25.6 Å². The fourth-order valence-corrected chi connectivity index (χ4v) is 6.01. The smallest absolute Gasteiger partial charge is 0.253 e. The molecule has 2 aliphatic rings. The number of aromatic hydroxyl groups is 1. The van der Waals surface area contributed by atoms with Gasteiger partial charge < -0.3 is 31.3 Å². The van der Waals surface area contributed by atoms with Crippen molar-refractivity contribution in [3.8, 4) is 5.75 Å². The number of phenols is 1. The number of carbonyl (C=O) groups excluding carboxylic acids is 5. The van der Waals surface area contributed by atoms with Crippen LogP contribution < -0.4 is 21.3 Å². The summed E-state index contributed by atoms with van der Waals surface area (Å²) in [5, 5.41) is 21.5. The van der Waals surface area contributed by atoms with Crippen molar-refractivity contribution >= 4 is 29.5 Å². The van der Waals surface area contributed by atoms with Gasteiger partial charge in [0.25, 0.3) is 5.91 Å². The summed E-state index contributed by atoms with van der Waals surface area (Å²) in [7, 11) is 0. The van der Waals surface area contributed by atoms with Gasteiger partial charge in [-0.3, -0.25) is 29.0 Å². The van der Waals surface area contributed by atoms with E-state index in [9.17, 15) is 29.1 Å². The van der Waals surface area contributed by atoms with Gasteiger partial charge in [-0.25, -0.2) is 0 Å². The van der Waals surface area contributed by atoms with Crippen molar-refractivity contribution in [3.05, 3.63) is 59.9 Å². The molecule has 0 aliphatic carbocycles. The molecule has 2 aliphatic heterocycles. The van der Waals surface area contributed by atoms with E-state index in [1.165, 1.54) is 18.3 Å². The van der Waals surface area contributed by atoms with E-state index in [0.717, 1.165) is 5.56 Å². The van der Waals surface area contributed by atoms with Gasteiger partial charge in [0.1, 0.15) is 17.8 Å². The summed E-state index contributed by atoms with van der Waals surface area (Å²) < 4.78 is 0. The first-order valence-corrected chi connectivity index (χ1v) is 16.2. The molecule has 12 nitrogen and oxygen atoms in total. The molecule has 248 valence electrons. The van der Waals surface area contributed by atoms with E-state index in [-0.39, 0.29) is 91.9 Å². The molecule has 46 heavy (non-hydrogen) atoms. The molecule has 5 atom stereocenters. The summed E-state index contributed by atoms with van der Waals surface area (Å²) in [5.41, 5.74) is 1.18. The molecule has 1 aromatic carbocycles. The van der Waals surface area contributed by atoms with Crippen molar-refractivity contribution in [1.82, 2.24) is 31.2 Å². The summed E-state index contributed by atoms with van der Waals surface area (Å²) in [6.07, 6.45) is 5.52. The van der Waals surface area contributed by atoms with Crippen LogP contribution in [0.3, 0.4) is 0 Å². The molecule has 2 saturated heterocycles. The van der Waals surface area contributed by atoms with E-state index in [1.54, 1.807) is 35.4 Å². The number of rotatable bonds is 5. The average Bonchev–Trinajstić information content (AvgIpc) is 3.45. The van der Waals surface area contributed by atoms with Crippen molar-refractivity contribution in [3.63, 3.8) is 0 Å². The number of hydrogen-bond donors (Lipinski definition) is 5. The molecule has 2 fully saturated rings. The van der Waals surface area contributed by atoms with Crippen molar-refractivity contribution in [2.24, 2.45) is 11.8 Å². The van der Waals surface area contributed by atoms with Crippen molar-refractivity contribution in [1.29, 1.82) is 0 Å². The summed E-state index contributed by atoms with van der Waals surface area (Å²) in [5.74, 6) is -1.21. The summed E-state index contributed by atoms with van der Waals surface area (Å²) in [6.45, 7) is 6.41. The lowest BCUT2D eigenvalue weighted by Crippen LogP contribution is -2.50. The maximum Gasteiger partial charge on any atom is 0.253 e. The number of amides is 5. The second-order valence-corrected chi connectivity index (χ2v) is 12.8. The standard InChI is InChI=1S/C34H46N6O6/c1-21(2)27-13-8-22(3)16-30(42)38-28(17-23-9-11-26(41)12-10-23)33(45)36-15-5-7-31(43)40-20-25(18-29(40)34(46)39-27)37-32(44)24-6-4-14-35-19-24/h4,6,9-12,14,19,21-22,25,27-29,41H,5,7-8,13,15-18,20H2,1-3H3,(H,36,45)(H,37,44)(H,38,42)(H,39,46)/t22-,25-,27+,28+,29+/m1/s1. The first kappa shape index (κ1) is 34.4. The topological polar surface area (TPSA) is 170 Å². The second-order valence-electron chi connectivity index (χ2n) is 12.8. The summed E-state index contributed by atoms with van der Waals surface area (Å²) >= 11 is 0. The fourth-order valence-electron chi connectivity index (χ4n) is 6.01. The minimum absolute atomic E-state index is 0.00829. The maximum atomic E-state index is 13.7. The number of pyridine rings is 1. The number of nitrogens with zero attached hydrogens (tertiary/aromatic N) is 2. The third-order valence-corrected chi connectivity index (χ3v) is 8.71. The SMILES string of the molecule is CC(C)[C@@H]1CC[C@@H](C)CC(=O)N[C@@H](Cc2ccc(O)cc2)C(=O)NCCCC(=O)N2C[C@H](NC(=O)c3cccnc3)C[C@H]2C(=O)N1. The molecule has 12 heteroatoms. The number of aromatic nitrogens is 1. The average molecular weight is 635 g/mol. The lowest BCUT2D eigenvalue weighted by Gasteiger charge is -2.29. The zero-order valence-corrected chi connectivity index (χ0v) is 26.8. The largest absolute Gasteiger partial charge is 0.508 e. The van der Waals surface area contributed by atoms with Crippen LogP contribution in [-0.4, -0.2) is 81.8 Å². The Morgan fingerprint density at radius 3 is 2.52 bits per heavy atom. The number of benzene rings is 1. The van der Waals surface area contributed by atoms with E-state index in [1.807, 2.05) is 20.8 Å². The highest BCUT2D eigenvalue weighted by Gasteiger charge is 2.40. The molecule has 0 saturated carbocycles. The van der Waals surface area contributed by atoms with Gasteiger partial charge in [-0.2, -0.15) is 0 Å². The van der Waals surface area contributed by atoms with Crippen LogP contribution in [0.5, 0.6) is 5.75 Å². The molecule has 2 aromatic rings. The first-order chi connectivity index (χ1) is 22.0. The lowest BCUT2D eigenvalue weighted by molar-refractivity contribution is -0.139. The molecule has 4 rings (SSSR count). The Kier molecular flexibility index (Phi) is 12.1. The van der Waals surface area contributed by atoms with Crippen LogP contribution in [0.1, 0.15) is 75.2 Å². The van der Waals surface area contributed by atoms with E-state index < -0.39 is 18.1 Å². The van der Waals surface area contributed by atoms with Gasteiger partial charge >= 0.3 is 0 Å². The Morgan fingerprint density at radius 1 is 1.07 bits per heavy atom. The zero-order valence-electron chi connectivity index (χ0n) is 26.8. The van der Waals surface area contributed by atoms with E-state index in [0.29, 0.717) is 24.8 Å². The van der Waals surface area contributed by atoms with Gasteiger partial charge in [-0.05, 0) is 67.3 Å². The Hall–Kier alpha value is -4.48. The summed E-state index contributed by atoms with van der Waals surface area (Å²) in [4.78, 5) is 71.8. The molecule has 5 N–H and O–H groups in total. The quantitative estimate of drug-likeness (QED) is 0.335. The molecule has 0 unspecified atom stereocenters. The first-order valence-electron chi connectivity index (χ1n) is 16.2. The van der Waals surface area contributed by atoms with Crippen LogP contribution >= 0.6 is 0 Å². The second kappa shape index (κ2) is 16.2. The monoisotopic (exact) mass is 634 g/mol. The Morgan fingerprint density at radius 2 is 1.83 bits per heavy atom. The van der Waals surface area contributed by atoms with Crippen LogP contribution in [0.15, 0.2) is 48.8 Å². The lowest BCUT2D eigenvalue weighted by atomic mass is 9.92. The van der Waals surface area contributed by atoms with Crippen LogP contribution in [0.25, 0.3) is 0 Å². The van der Waals surface area contributed by atoms with Crippen molar-refractivity contribution < 1.29 is 29.1 Å². The van der Waals surface area contributed by atoms with Gasteiger partial charge in [0, 0.05) is 56.8 Å². The van der Waals surface area contributed by atoms with Crippen LogP contribution in [0.4, 0.5) is 0 Å². The minimum atomic E-state index is -0.825. The minimum Gasteiger partial charge on any atom is -0.508 e. The maximum absolute atomic E-state index is 13.7. The van der Waals surface area contributed by atoms with Crippen LogP contribution in [0, 0.1) is 11.8 Å². The van der Waals surface area contributed by atoms with Gasteiger partial charge in [-0.15, -0.1) is 0 Å². The third-order valence-electron chi connectivity index (χ3n) is 8.71. The Bertz CT molecular complexity index is 1370. The number of nitrogens with one attached hydrogen (secondary N) is 4. The molecule has 1 aromatic heterocycles. The van der Waals surface area contributed by atoms with Crippen molar-refractivity contribution in [2.45, 2.75) is 89.9 Å². The number of fused-ring (bicyclic) bond motifs is 1. The van der Waals surface area contributed by atoms with E-state index in [4.69, 9.17) is 0 Å². The highest BCUT2D eigenvalue weighted by Crippen LogP contribution is 2.23. The third kappa shape index (κ3) is 9.76. The highest BCUT2D eigenvalue weighted by atomic mass is 16.3. The zero-order chi connectivity index (χ0) is 33.2. The number of carbonyl (C=O) groups is 5. The van der Waals surface area contributed by atoms with E-state index >= 15 is 0 Å². The van der Waals surface area contributed by atoms with Gasteiger partial charge in [0.15, 0.2) is 0 Å². The van der Waals surface area contributed by atoms with Gasteiger partial charge in [-0.1, -0.05) is 32.9 Å². The molecule has 5 amide bonds. The van der Waals surface area contributed by atoms with Crippen molar-refractivity contribution in [2.75, 3.05) is 13.1 Å². The number of hydrogen-bond acceptors (Lipinski definition) is 7. The summed E-state index contributed by atoms with van der Waals surface area (Å²) in [6, 6.07) is 7.64. The van der Waals surface area contributed by atoms with Gasteiger partial charge in [0.2, 0.25) is 23.6 Å². The molecule has 0 radical (unpaired) electrons. The molecular formula is C34H46N6O6. The Balaban J connectivity index is 1.50. The normalized spacial score (nSPS) is 25.5. The van der Waals surface area contributed by atoms with Crippen LogP contribution in [0.2, 0.25) is 0 Å².